The van der Waals surface area contributed by atoms with Gasteiger partial charge in [-0.25, -0.2) is 0 Å². The molecular formula is C13H23NO3. The van der Waals surface area contributed by atoms with Gasteiger partial charge in [0.25, 0.3) is 0 Å². The molecule has 1 amide bonds. The van der Waals surface area contributed by atoms with Crippen molar-refractivity contribution in [1.29, 1.82) is 0 Å². The lowest BCUT2D eigenvalue weighted by atomic mass is 9.85. The number of amides is 1. The summed E-state index contributed by atoms with van der Waals surface area (Å²) in [4.78, 5) is 24.6. The number of carbonyl (C=O) groups excluding carboxylic acids is 1. The molecule has 0 aromatic rings. The van der Waals surface area contributed by atoms with Crippen LogP contribution < -0.4 is 0 Å². The molecule has 0 aromatic heterocycles. The smallest absolute Gasteiger partial charge is 0.303 e. The van der Waals surface area contributed by atoms with E-state index < -0.39 is 11.4 Å². The van der Waals surface area contributed by atoms with Gasteiger partial charge in [0.2, 0.25) is 5.91 Å². The van der Waals surface area contributed by atoms with Gasteiger partial charge in [0.05, 0.1) is 6.42 Å². The summed E-state index contributed by atoms with van der Waals surface area (Å²) in [6.07, 6.45) is 4.91. The summed E-state index contributed by atoms with van der Waals surface area (Å²) < 4.78 is 0. The van der Waals surface area contributed by atoms with Crippen LogP contribution in [0.5, 0.6) is 0 Å². The fraction of sp³-hybridized carbons (Fsp3) is 0.846. The molecule has 0 radical (unpaired) electrons. The molecule has 1 rings (SSSR count). The van der Waals surface area contributed by atoms with E-state index in [0.29, 0.717) is 12.5 Å². The molecule has 1 N–H and O–H groups in total. The highest BCUT2D eigenvalue weighted by molar-refractivity contribution is 5.78. The predicted molar refractivity (Wildman–Crippen MR) is 65.7 cm³/mol. The summed E-state index contributed by atoms with van der Waals surface area (Å²) in [5.41, 5.74) is -0.463. The van der Waals surface area contributed by atoms with Gasteiger partial charge in [-0.2, -0.15) is 0 Å². The predicted octanol–water partition coefficient (Wildman–Crippen LogP) is 2.28. The number of aliphatic carboxylic acids is 1. The maximum atomic E-state index is 12.1. The van der Waals surface area contributed by atoms with E-state index in [0.717, 1.165) is 12.8 Å². The third-order valence-electron chi connectivity index (χ3n) is 3.53. The van der Waals surface area contributed by atoms with Gasteiger partial charge in [0.1, 0.15) is 0 Å². The van der Waals surface area contributed by atoms with Crippen LogP contribution in [0.2, 0.25) is 0 Å². The van der Waals surface area contributed by atoms with Crippen molar-refractivity contribution >= 4 is 11.9 Å². The van der Waals surface area contributed by atoms with Crippen LogP contribution in [0.4, 0.5) is 0 Å². The number of rotatable bonds is 5. The molecule has 1 aliphatic carbocycles. The summed E-state index contributed by atoms with van der Waals surface area (Å²) >= 11 is 0. The summed E-state index contributed by atoms with van der Waals surface area (Å²) in [5.74, 6) is -0.769. The number of carboxylic acid groups (broad SMARTS) is 1. The van der Waals surface area contributed by atoms with E-state index in [2.05, 4.69) is 0 Å². The molecule has 98 valence electrons. The minimum Gasteiger partial charge on any atom is -0.481 e. The van der Waals surface area contributed by atoms with Crippen LogP contribution in [0.15, 0.2) is 0 Å². The highest BCUT2D eigenvalue weighted by Gasteiger charge is 2.29. The van der Waals surface area contributed by atoms with Gasteiger partial charge in [-0.1, -0.05) is 26.7 Å². The maximum absolute atomic E-state index is 12.1. The zero-order chi connectivity index (χ0) is 13.1. The lowest BCUT2D eigenvalue weighted by molar-refractivity contribution is -0.140. The quantitative estimate of drug-likeness (QED) is 0.803. The van der Waals surface area contributed by atoms with Gasteiger partial charge < -0.3 is 10.0 Å². The third-order valence-corrected chi connectivity index (χ3v) is 3.53. The highest BCUT2D eigenvalue weighted by Crippen LogP contribution is 2.28. The van der Waals surface area contributed by atoms with Crippen molar-refractivity contribution in [3.05, 3.63) is 0 Å². The van der Waals surface area contributed by atoms with E-state index in [1.807, 2.05) is 25.8 Å². The zero-order valence-corrected chi connectivity index (χ0v) is 11.0. The molecule has 0 saturated heterocycles. The summed E-state index contributed by atoms with van der Waals surface area (Å²) in [6.45, 7) is 3.67. The molecule has 1 fully saturated rings. The minimum absolute atomic E-state index is 0.0389. The van der Waals surface area contributed by atoms with Crippen LogP contribution in [0, 0.1) is 5.41 Å². The van der Waals surface area contributed by atoms with Crippen LogP contribution in [-0.2, 0) is 9.59 Å². The van der Waals surface area contributed by atoms with Gasteiger partial charge in [-0.05, 0) is 18.3 Å². The van der Waals surface area contributed by atoms with Crippen molar-refractivity contribution in [2.75, 3.05) is 7.05 Å². The number of nitrogens with zero attached hydrogens (tertiary/aromatic N) is 1. The van der Waals surface area contributed by atoms with Gasteiger partial charge in [-0.15, -0.1) is 0 Å². The second kappa shape index (κ2) is 5.52. The van der Waals surface area contributed by atoms with Crippen LogP contribution in [0.25, 0.3) is 0 Å². The van der Waals surface area contributed by atoms with Crippen LogP contribution in [0.1, 0.15) is 52.4 Å². The largest absolute Gasteiger partial charge is 0.481 e. The molecular weight excluding hydrogens is 218 g/mol. The van der Waals surface area contributed by atoms with Gasteiger partial charge in [-0.3, -0.25) is 9.59 Å². The standard InChI is InChI=1S/C13H23NO3/c1-13(2,9-12(16)17)8-11(15)14(3)10-6-4-5-7-10/h10H,4-9H2,1-3H3,(H,16,17). The second-order valence-electron chi connectivity index (χ2n) is 5.85. The zero-order valence-electron chi connectivity index (χ0n) is 11.0. The lowest BCUT2D eigenvalue weighted by Gasteiger charge is -2.29. The molecule has 17 heavy (non-hydrogen) atoms. The molecule has 0 heterocycles. The van der Waals surface area contributed by atoms with Crippen LogP contribution in [-0.4, -0.2) is 35.0 Å². The summed E-state index contributed by atoms with van der Waals surface area (Å²) in [6, 6.07) is 0.364. The SMILES string of the molecule is CN(C(=O)CC(C)(C)CC(=O)O)C1CCCC1. The van der Waals surface area contributed by atoms with Crippen molar-refractivity contribution in [1.82, 2.24) is 4.90 Å². The minimum atomic E-state index is -0.841. The Labute approximate surface area is 103 Å². The number of hydrogen-bond donors (Lipinski definition) is 1. The van der Waals surface area contributed by atoms with Crippen molar-refractivity contribution in [3.63, 3.8) is 0 Å². The first-order chi connectivity index (χ1) is 7.82. The molecule has 0 unspecified atom stereocenters. The molecule has 4 heteroatoms. The van der Waals surface area contributed by atoms with E-state index in [4.69, 9.17) is 5.11 Å². The molecule has 0 aromatic carbocycles. The maximum Gasteiger partial charge on any atom is 0.303 e. The topological polar surface area (TPSA) is 57.6 Å². The second-order valence-corrected chi connectivity index (χ2v) is 5.85. The van der Waals surface area contributed by atoms with E-state index in [-0.39, 0.29) is 12.3 Å². The fourth-order valence-electron chi connectivity index (χ4n) is 2.50. The van der Waals surface area contributed by atoms with Crippen molar-refractivity contribution in [2.45, 2.75) is 58.4 Å². The Morgan fingerprint density at radius 2 is 1.76 bits per heavy atom. The molecule has 1 saturated carbocycles. The first-order valence-corrected chi connectivity index (χ1v) is 6.29. The monoisotopic (exact) mass is 241 g/mol. The summed E-state index contributed by atoms with van der Waals surface area (Å²) in [5, 5.41) is 8.79. The normalized spacial score (nSPS) is 17.1. The van der Waals surface area contributed by atoms with Crippen LogP contribution >= 0.6 is 0 Å². The Hall–Kier alpha value is -1.06. The highest BCUT2D eigenvalue weighted by atomic mass is 16.4. The Bertz CT molecular complexity index is 293. The van der Waals surface area contributed by atoms with Gasteiger partial charge in [0.15, 0.2) is 0 Å². The van der Waals surface area contributed by atoms with Crippen LogP contribution in [0.3, 0.4) is 0 Å². The van der Waals surface area contributed by atoms with Gasteiger partial charge in [0, 0.05) is 19.5 Å². The Kier molecular flexibility index (Phi) is 4.54. The fourth-order valence-corrected chi connectivity index (χ4v) is 2.50. The van der Waals surface area contributed by atoms with Gasteiger partial charge >= 0.3 is 5.97 Å². The number of hydrogen-bond acceptors (Lipinski definition) is 2. The van der Waals surface area contributed by atoms with E-state index >= 15 is 0 Å². The van der Waals surface area contributed by atoms with E-state index in [1.165, 1.54) is 12.8 Å². The van der Waals surface area contributed by atoms with Crippen molar-refractivity contribution in [3.8, 4) is 0 Å². The van der Waals surface area contributed by atoms with E-state index in [9.17, 15) is 9.59 Å². The molecule has 0 bridgehead atoms. The number of carbonyl (C=O) groups is 2. The lowest BCUT2D eigenvalue weighted by Crippen LogP contribution is -2.38. The first-order valence-electron chi connectivity index (χ1n) is 6.29. The number of carboxylic acids is 1. The molecule has 0 atom stereocenters. The molecule has 1 aliphatic rings. The molecule has 0 spiro atoms. The molecule has 4 nitrogen and oxygen atoms in total. The average molecular weight is 241 g/mol. The van der Waals surface area contributed by atoms with Crippen molar-refractivity contribution < 1.29 is 14.7 Å². The molecule has 0 aliphatic heterocycles. The Morgan fingerprint density at radius 1 is 1.24 bits per heavy atom. The van der Waals surface area contributed by atoms with Crippen molar-refractivity contribution in [2.24, 2.45) is 5.41 Å². The Morgan fingerprint density at radius 3 is 2.24 bits per heavy atom. The third kappa shape index (κ3) is 4.36. The summed E-state index contributed by atoms with van der Waals surface area (Å²) in [7, 11) is 1.84. The van der Waals surface area contributed by atoms with E-state index in [1.54, 1.807) is 0 Å². The average Bonchev–Trinajstić information content (AvgIpc) is 2.65. The Balaban J connectivity index is 2.49. The first kappa shape index (κ1) is 14.0.